The summed E-state index contributed by atoms with van der Waals surface area (Å²) >= 11 is 0. The lowest BCUT2D eigenvalue weighted by molar-refractivity contribution is 0.584. The van der Waals surface area contributed by atoms with Gasteiger partial charge in [0.1, 0.15) is 34.7 Å². The van der Waals surface area contributed by atoms with E-state index in [1.165, 1.54) is 18.2 Å². The predicted octanol–water partition coefficient (Wildman–Crippen LogP) is 4.85. The number of benzene rings is 2. The Morgan fingerprint density at radius 1 is 0.900 bits per heavy atom. The van der Waals surface area contributed by atoms with Gasteiger partial charge in [0.15, 0.2) is 0 Å². The fourth-order valence-electron chi connectivity index (χ4n) is 3.12. The molecule has 0 aliphatic carbocycles. The normalized spacial score (nSPS) is 11.1. The first-order chi connectivity index (χ1) is 14.4. The molecule has 2 aromatic carbocycles. The summed E-state index contributed by atoms with van der Waals surface area (Å²) in [7, 11) is 0. The van der Waals surface area contributed by atoms with Gasteiger partial charge in [-0.05, 0) is 36.8 Å². The second kappa shape index (κ2) is 7.58. The van der Waals surface area contributed by atoms with Gasteiger partial charge in [0.2, 0.25) is 0 Å². The van der Waals surface area contributed by atoms with E-state index in [2.05, 4.69) is 20.5 Å². The van der Waals surface area contributed by atoms with Crippen LogP contribution >= 0.6 is 0 Å². The summed E-state index contributed by atoms with van der Waals surface area (Å²) in [4.78, 5) is 15.2. The van der Waals surface area contributed by atoms with Crippen molar-refractivity contribution in [3.63, 3.8) is 0 Å². The van der Waals surface area contributed by atoms with Crippen molar-refractivity contribution in [2.45, 2.75) is 13.3 Å². The van der Waals surface area contributed by atoms with Gasteiger partial charge in [-0.2, -0.15) is 5.10 Å². The van der Waals surface area contributed by atoms with Crippen LogP contribution in [0.3, 0.4) is 0 Å². The van der Waals surface area contributed by atoms with E-state index in [-0.39, 0.29) is 28.1 Å². The minimum Gasteiger partial charge on any atom is -0.349 e. The van der Waals surface area contributed by atoms with Crippen LogP contribution in [0.1, 0.15) is 12.6 Å². The van der Waals surface area contributed by atoms with Crippen molar-refractivity contribution in [3.05, 3.63) is 81.8 Å². The standard InChI is InChI=1S/C21H14F4N4O/c1-2-16-13-9-18(26-17-6-4-11(23)8-15(17)25)21(30)27-19(13)20(29-28-16)12-5-3-10(22)7-14(12)24/h3-9,26H,2H2,1H3,(H,27,30). The minimum atomic E-state index is -0.868. The van der Waals surface area contributed by atoms with E-state index in [1.54, 1.807) is 0 Å². The Balaban J connectivity index is 1.90. The van der Waals surface area contributed by atoms with Gasteiger partial charge in [-0.1, -0.05) is 6.92 Å². The third-order valence-electron chi connectivity index (χ3n) is 4.58. The maximum atomic E-state index is 14.3. The van der Waals surface area contributed by atoms with Gasteiger partial charge in [-0.3, -0.25) is 4.79 Å². The maximum Gasteiger partial charge on any atom is 0.272 e. The highest BCUT2D eigenvalue weighted by Crippen LogP contribution is 2.30. The number of rotatable bonds is 4. The van der Waals surface area contributed by atoms with Crippen molar-refractivity contribution >= 4 is 22.3 Å². The quantitative estimate of drug-likeness (QED) is 0.469. The number of hydrogen-bond donors (Lipinski definition) is 2. The Hall–Kier alpha value is -3.75. The topological polar surface area (TPSA) is 70.7 Å². The molecular formula is C21H14F4N4O. The van der Waals surface area contributed by atoms with Gasteiger partial charge in [-0.25, -0.2) is 17.6 Å². The van der Waals surface area contributed by atoms with E-state index in [4.69, 9.17) is 0 Å². The van der Waals surface area contributed by atoms with Gasteiger partial charge in [-0.15, -0.1) is 5.10 Å². The molecule has 5 nitrogen and oxygen atoms in total. The summed E-state index contributed by atoms with van der Waals surface area (Å²) < 4.78 is 54.7. The fraction of sp³-hybridized carbons (Fsp3) is 0.0952. The third-order valence-corrected chi connectivity index (χ3v) is 4.58. The van der Waals surface area contributed by atoms with E-state index in [1.807, 2.05) is 6.92 Å². The van der Waals surface area contributed by atoms with Crippen LogP contribution in [0, 0.1) is 23.3 Å². The zero-order valence-electron chi connectivity index (χ0n) is 15.6. The predicted molar refractivity (Wildman–Crippen MR) is 105 cm³/mol. The average molecular weight is 414 g/mol. The molecule has 0 saturated heterocycles. The van der Waals surface area contributed by atoms with Crippen LogP contribution in [0.5, 0.6) is 0 Å². The Bertz CT molecular complexity index is 1340. The summed E-state index contributed by atoms with van der Waals surface area (Å²) in [5.74, 6) is -3.22. The van der Waals surface area contributed by atoms with Crippen LogP contribution in [0.25, 0.3) is 22.2 Å². The number of hydrogen-bond acceptors (Lipinski definition) is 4. The summed E-state index contributed by atoms with van der Waals surface area (Å²) in [5.41, 5.74) is -0.0103. The SMILES string of the molecule is CCc1nnc(-c2ccc(F)cc2F)c2[nH]c(=O)c(Nc3ccc(F)cc3F)cc12. The lowest BCUT2D eigenvalue weighted by Gasteiger charge is -2.12. The van der Waals surface area contributed by atoms with E-state index >= 15 is 0 Å². The Kier molecular flexibility index (Phi) is 4.94. The second-order valence-electron chi connectivity index (χ2n) is 6.52. The first-order valence-electron chi connectivity index (χ1n) is 8.97. The molecule has 2 N–H and O–H groups in total. The lowest BCUT2D eigenvalue weighted by Crippen LogP contribution is -2.14. The van der Waals surface area contributed by atoms with Crippen molar-refractivity contribution in [1.82, 2.24) is 15.2 Å². The van der Waals surface area contributed by atoms with Crippen LogP contribution in [-0.2, 0) is 6.42 Å². The molecule has 0 fully saturated rings. The number of nitrogens with one attached hydrogen (secondary N) is 2. The molecule has 30 heavy (non-hydrogen) atoms. The average Bonchev–Trinajstić information content (AvgIpc) is 2.70. The number of pyridine rings is 1. The number of aromatic nitrogens is 3. The highest BCUT2D eigenvalue weighted by molar-refractivity contribution is 5.94. The zero-order chi connectivity index (χ0) is 21.4. The molecule has 9 heteroatoms. The Labute approximate surface area is 167 Å². The van der Waals surface area contributed by atoms with Gasteiger partial charge < -0.3 is 10.3 Å². The monoisotopic (exact) mass is 414 g/mol. The number of H-pyrrole nitrogens is 1. The first-order valence-corrected chi connectivity index (χ1v) is 8.97. The molecule has 2 aromatic heterocycles. The second-order valence-corrected chi connectivity index (χ2v) is 6.52. The fourth-order valence-corrected chi connectivity index (χ4v) is 3.12. The molecule has 0 bridgehead atoms. The number of aromatic amines is 1. The smallest absolute Gasteiger partial charge is 0.272 e. The highest BCUT2D eigenvalue weighted by atomic mass is 19.1. The van der Waals surface area contributed by atoms with Crippen molar-refractivity contribution in [2.75, 3.05) is 5.32 Å². The number of fused-ring (bicyclic) bond motifs is 1. The summed E-state index contributed by atoms with van der Waals surface area (Å²) in [6, 6.07) is 7.34. The van der Waals surface area contributed by atoms with Crippen LogP contribution in [-0.4, -0.2) is 15.2 Å². The van der Waals surface area contributed by atoms with Gasteiger partial charge in [0.05, 0.1) is 16.9 Å². The highest BCUT2D eigenvalue weighted by Gasteiger charge is 2.17. The van der Waals surface area contributed by atoms with Crippen molar-refractivity contribution in [1.29, 1.82) is 0 Å². The Morgan fingerprint density at radius 2 is 1.60 bits per heavy atom. The van der Waals surface area contributed by atoms with Crippen LogP contribution < -0.4 is 10.9 Å². The van der Waals surface area contributed by atoms with Crippen LogP contribution in [0.2, 0.25) is 0 Å². The molecule has 4 aromatic rings. The number of halogens is 4. The molecule has 0 spiro atoms. The number of nitrogens with zero attached hydrogens (tertiary/aromatic N) is 2. The number of anilines is 2. The van der Waals surface area contributed by atoms with E-state index < -0.39 is 28.8 Å². The maximum absolute atomic E-state index is 14.3. The molecule has 0 atom stereocenters. The molecule has 152 valence electrons. The first kappa shape index (κ1) is 19.6. The largest absolute Gasteiger partial charge is 0.349 e. The molecule has 0 radical (unpaired) electrons. The van der Waals surface area contributed by atoms with Gasteiger partial charge in [0, 0.05) is 23.1 Å². The molecule has 0 amide bonds. The molecule has 4 rings (SSSR count). The Morgan fingerprint density at radius 3 is 2.27 bits per heavy atom. The zero-order valence-corrected chi connectivity index (χ0v) is 15.6. The van der Waals surface area contributed by atoms with Crippen molar-refractivity contribution < 1.29 is 17.6 Å². The van der Waals surface area contributed by atoms with Gasteiger partial charge in [0.25, 0.3) is 5.56 Å². The van der Waals surface area contributed by atoms with Crippen molar-refractivity contribution in [2.24, 2.45) is 0 Å². The molecular weight excluding hydrogens is 400 g/mol. The summed E-state index contributed by atoms with van der Waals surface area (Å²) in [6.07, 6.45) is 0.450. The molecule has 0 unspecified atom stereocenters. The van der Waals surface area contributed by atoms with E-state index in [9.17, 15) is 22.4 Å². The van der Waals surface area contributed by atoms with Gasteiger partial charge >= 0.3 is 0 Å². The number of aryl methyl sites for hydroxylation is 1. The summed E-state index contributed by atoms with van der Waals surface area (Å²) in [6.45, 7) is 1.82. The molecule has 2 heterocycles. The third kappa shape index (κ3) is 3.49. The van der Waals surface area contributed by atoms with E-state index in [0.29, 0.717) is 29.6 Å². The van der Waals surface area contributed by atoms with Crippen LogP contribution in [0.4, 0.5) is 28.9 Å². The lowest BCUT2D eigenvalue weighted by atomic mass is 10.1. The molecule has 0 aliphatic rings. The molecule has 0 saturated carbocycles. The molecule has 0 aliphatic heterocycles. The minimum absolute atomic E-state index is 0.0127. The summed E-state index contributed by atoms with van der Waals surface area (Å²) in [5, 5.41) is 11.2. The van der Waals surface area contributed by atoms with Crippen LogP contribution in [0.15, 0.2) is 47.3 Å². The van der Waals surface area contributed by atoms with E-state index in [0.717, 1.165) is 12.1 Å². The van der Waals surface area contributed by atoms with Crippen molar-refractivity contribution in [3.8, 4) is 11.3 Å².